The summed E-state index contributed by atoms with van der Waals surface area (Å²) in [5.74, 6) is -0.367. The molecule has 0 aliphatic rings. The fraction of sp³-hybridized carbons (Fsp3) is 0.333. The number of nitrogens with zero attached hydrogens (tertiary/aromatic N) is 1. The normalized spacial score (nSPS) is 9.65. The van der Waals surface area contributed by atoms with Gasteiger partial charge < -0.3 is 14.4 Å². The van der Waals surface area contributed by atoms with Gasteiger partial charge in [-0.05, 0) is 18.2 Å². The van der Waals surface area contributed by atoms with E-state index in [2.05, 4.69) is 0 Å². The van der Waals surface area contributed by atoms with Gasteiger partial charge in [0.05, 0.1) is 19.8 Å². The maximum absolute atomic E-state index is 11.9. The van der Waals surface area contributed by atoms with Crippen LogP contribution in [0.5, 0.6) is 11.5 Å². The minimum absolute atomic E-state index is 0.200. The van der Waals surface area contributed by atoms with E-state index in [1.807, 2.05) is 0 Å². The third-order valence-corrected chi connectivity index (χ3v) is 2.25. The number of Topliss-reactive ketones (excluding diaryl/α,β-unsaturated/α-hetero) is 1. The molecule has 0 unspecified atom stereocenters. The van der Waals surface area contributed by atoms with Gasteiger partial charge in [-0.25, -0.2) is 0 Å². The highest BCUT2D eigenvalue weighted by atomic mass is 16.5. The summed E-state index contributed by atoms with van der Waals surface area (Å²) in [6.07, 6.45) is 0. The number of carbonyl (C=O) groups is 2. The number of amides is 1. The minimum atomic E-state index is -0.620. The molecule has 0 saturated carbocycles. The second-order valence-electron chi connectivity index (χ2n) is 3.59. The molecule has 0 bridgehead atoms. The Hall–Kier alpha value is -2.04. The van der Waals surface area contributed by atoms with Gasteiger partial charge in [-0.3, -0.25) is 9.59 Å². The maximum Gasteiger partial charge on any atom is 0.294 e. The van der Waals surface area contributed by atoms with E-state index in [4.69, 9.17) is 9.47 Å². The number of ether oxygens (including phenoxy) is 2. The Morgan fingerprint density at radius 1 is 1.12 bits per heavy atom. The number of methoxy groups -OCH3 is 2. The molecular formula is C12H15NO4. The van der Waals surface area contributed by atoms with Gasteiger partial charge in [-0.1, -0.05) is 0 Å². The van der Waals surface area contributed by atoms with Gasteiger partial charge in [0.25, 0.3) is 11.7 Å². The molecule has 1 aromatic carbocycles. The van der Waals surface area contributed by atoms with Crippen molar-refractivity contribution in [3.05, 3.63) is 23.8 Å². The van der Waals surface area contributed by atoms with E-state index in [-0.39, 0.29) is 5.56 Å². The van der Waals surface area contributed by atoms with E-state index in [0.717, 1.165) is 0 Å². The second-order valence-corrected chi connectivity index (χ2v) is 3.59. The van der Waals surface area contributed by atoms with Crippen molar-refractivity contribution in [1.82, 2.24) is 4.90 Å². The SMILES string of the molecule is COc1ccc(OC)c(C(=O)C(=O)N(C)C)c1. The first kappa shape index (κ1) is 13.0. The lowest BCUT2D eigenvalue weighted by Gasteiger charge is -2.12. The van der Waals surface area contributed by atoms with Crippen LogP contribution in [0.2, 0.25) is 0 Å². The monoisotopic (exact) mass is 237 g/mol. The Balaban J connectivity index is 3.18. The summed E-state index contributed by atoms with van der Waals surface area (Å²) < 4.78 is 10.1. The second kappa shape index (κ2) is 5.34. The average molecular weight is 237 g/mol. The highest BCUT2D eigenvalue weighted by molar-refractivity contribution is 6.43. The predicted octanol–water partition coefficient (Wildman–Crippen LogP) is 0.975. The van der Waals surface area contributed by atoms with Crippen LogP contribution in [0.1, 0.15) is 10.4 Å². The van der Waals surface area contributed by atoms with E-state index >= 15 is 0 Å². The van der Waals surface area contributed by atoms with Crippen LogP contribution >= 0.6 is 0 Å². The van der Waals surface area contributed by atoms with E-state index < -0.39 is 11.7 Å². The van der Waals surface area contributed by atoms with Crippen molar-refractivity contribution in [2.45, 2.75) is 0 Å². The molecule has 0 heterocycles. The first-order valence-electron chi connectivity index (χ1n) is 4.99. The van der Waals surface area contributed by atoms with E-state index in [1.165, 1.54) is 39.3 Å². The Morgan fingerprint density at radius 3 is 2.24 bits per heavy atom. The van der Waals surface area contributed by atoms with Crippen LogP contribution in [0.15, 0.2) is 18.2 Å². The number of carbonyl (C=O) groups excluding carboxylic acids is 2. The van der Waals surface area contributed by atoms with Crippen LogP contribution in [-0.2, 0) is 4.79 Å². The summed E-state index contributed by atoms with van der Waals surface area (Å²) in [6.45, 7) is 0. The number of ketones is 1. The predicted molar refractivity (Wildman–Crippen MR) is 62.6 cm³/mol. The molecule has 0 atom stereocenters. The van der Waals surface area contributed by atoms with Crippen LogP contribution in [0, 0.1) is 0 Å². The summed E-state index contributed by atoms with van der Waals surface area (Å²) in [5.41, 5.74) is 0.200. The summed E-state index contributed by atoms with van der Waals surface area (Å²) >= 11 is 0. The van der Waals surface area contributed by atoms with Crippen molar-refractivity contribution >= 4 is 11.7 Å². The smallest absolute Gasteiger partial charge is 0.294 e. The highest BCUT2D eigenvalue weighted by Gasteiger charge is 2.22. The summed E-state index contributed by atoms with van der Waals surface area (Å²) in [6, 6.07) is 4.74. The Kier molecular flexibility index (Phi) is 4.09. The lowest BCUT2D eigenvalue weighted by molar-refractivity contribution is -0.124. The van der Waals surface area contributed by atoms with E-state index in [9.17, 15) is 9.59 Å². The molecule has 0 aliphatic carbocycles. The largest absolute Gasteiger partial charge is 0.497 e. The first-order chi connectivity index (χ1) is 8.01. The molecule has 0 aromatic heterocycles. The van der Waals surface area contributed by atoms with Crippen LogP contribution in [-0.4, -0.2) is 44.9 Å². The molecule has 1 aromatic rings. The first-order valence-corrected chi connectivity index (χ1v) is 4.99. The van der Waals surface area contributed by atoms with Crippen molar-refractivity contribution < 1.29 is 19.1 Å². The summed E-state index contributed by atoms with van der Waals surface area (Å²) in [5, 5.41) is 0. The Labute approximate surface area is 99.9 Å². The van der Waals surface area contributed by atoms with E-state index in [0.29, 0.717) is 11.5 Å². The molecule has 0 N–H and O–H groups in total. The fourth-order valence-corrected chi connectivity index (χ4v) is 1.31. The van der Waals surface area contributed by atoms with Gasteiger partial charge in [0.15, 0.2) is 0 Å². The number of benzene rings is 1. The van der Waals surface area contributed by atoms with Gasteiger partial charge >= 0.3 is 0 Å². The highest BCUT2D eigenvalue weighted by Crippen LogP contribution is 2.24. The maximum atomic E-state index is 11.9. The number of rotatable bonds is 4. The lowest BCUT2D eigenvalue weighted by atomic mass is 10.1. The van der Waals surface area contributed by atoms with Crippen molar-refractivity contribution in [3.8, 4) is 11.5 Å². The van der Waals surface area contributed by atoms with Gasteiger partial charge in [0.2, 0.25) is 0 Å². The molecule has 0 spiro atoms. The van der Waals surface area contributed by atoms with Crippen molar-refractivity contribution in [1.29, 1.82) is 0 Å². The standard InChI is InChI=1S/C12H15NO4/c1-13(2)12(15)11(14)9-7-8(16-3)5-6-10(9)17-4/h5-7H,1-4H3. The molecule has 1 amide bonds. The topological polar surface area (TPSA) is 55.8 Å². The van der Waals surface area contributed by atoms with Gasteiger partial charge in [0.1, 0.15) is 11.5 Å². The molecule has 0 aliphatic heterocycles. The van der Waals surface area contributed by atoms with Gasteiger partial charge in [0, 0.05) is 14.1 Å². The van der Waals surface area contributed by atoms with Crippen molar-refractivity contribution in [3.63, 3.8) is 0 Å². The Bertz CT molecular complexity index is 440. The number of likely N-dealkylation sites (N-methyl/N-ethyl adjacent to an activating group) is 1. The molecule has 17 heavy (non-hydrogen) atoms. The molecule has 0 saturated heterocycles. The molecule has 1 rings (SSSR count). The van der Waals surface area contributed by atoms with E-state index in [1.54, 1.807) is 12.1 Å². The van der Waals surface area contributed by atoms with Crippen LogP contribution in [0.4, 0.5) is 0 Å². The van der Waals surface area contributed by atoms with Crippen molar-refractivity contribution in [2.75, 3.05) is 28.3 Å². The van der Waals surface area contributed by atoms with Crippen molar-refractivity contribution in [2.24, 2.45) is 0 Å². The lowest BCUT2D eigenvalue weighted by Crippen LogP contribution is -2.30. The quantitative estimate of drug-likeness (QED) is 0.578. The zero-order chi connectivity index (χ0) is 13.0. The zero-order valence-corrected chi connectivity index (χ0v) is 10.3. The fourth-order valence-electron chi connectivity index (χ4n) is 1.31. The molecule has 5 heteroatoms. The minimum Gasteiger partial charge on any atom is -0.497 e. The third kappa shape index (κ3) is 2.75. The zero-order valence-electron chi connectivity index (χ0n) is 10.3. The summed E-state index contributed by atoms with van der Waals surface area (Å²) in [4.78, 5) is 24.7. The van der Waals surface area contributed by atoms with Crippen LogP contribution in [0.25, 0.3) is 0 Å². The average Bonchev–Trinajstić information content (AvgIpc) is 2.35. The molecule has 0 radical (unpaired) electrons. The molecular weight excluding hydrogens is 222 g/mol. The summed E-state index contributed by atoms with van der Waals surface area (Å²) in [7, 11) is 5.97. The Morgan fingerprint density at radius 2 is 1.76 bits per heavy atom. The third-order valence-electron chi connectivity index (χ3n) is 2.25. The van der Waals surface area contributed by atoms with Crippen LogP contribution < -0.4 is 9.47 Å². The molecule has 92 valence electrons. The molecule has 5 nitrogen and oxygen atoms in total. The molecule has 0 fully saturated rings. The van der Waals surface area contributed by atoms with Gasteiger partial charge in [-0.15, -0.1) is 0 Å². The number of hydrogen-bond acceptors (Lipinski definition) is 4. The number of hydrogen-bond donors (Lipinski definition) is 0. The van der Waals surface area contributed by atoms with Crippen LogP contribution in [0.3, 0.4) is 0 Å². The van der Waals surface area contributed by atoms with Gasteiger partial charge in [-0.2, -0.15) is 0 Å².